The average molecular weight is 271 g/mol. The van der Waals surface area contributed by atoms with Gasteiger partial charge >= 0.3 is 6.18 Å². The fraction of sp³-hybridized carbons (Fsp3) is 0.533. The maximum absolute atomic E-state index is 12.6. The molecule has 1 aromatic heterocycles. The molecule has 106 valence electrons. The molecule has 0 fully saturated rings. The summed E-state index contributed by atoms with van der Waals surface area (Å²) in [4.78, 5) is 4.00. The number of aryl methyl sites for hydroxylation is 1. The SMILES string of the molecule is C#Cc1cc(C(F)(F)F)cc(CCCCC)n1.CC. The molecule has 1 nitrogen and oxygen atoms in total. The number of halogens is 3. The molecule has 0 unspecified atom stereocenters. The van der Waals surface area contributed by atoms with Gasteiger partial charge in [0.25, 0.3) is 0 Å². The minimum absolute atomic E-state index is 0.0475. The van der Waals surface area contributed by atoms with Crippen molar-refractivity contribution in [1.29, 1.82) is 0 Å². The Morgan fingerprint density at radius 1 is 1.21 bits per heavy atom. The highest BCUT2D eigenvalue weighted by Crippen LogP contribution is 2.30. The number of aromatic nitrogens is 1. The van der Waals surface area contributed by atoms with E-state index in [4.69, 9.17) is 6.42 Å². The lowest BCUT2D eigenvalue weighted by Gasteiger charge is -2.09. The summed E-state index contributed by atoms with van der Waals surface area (Å²) in [6, 6.07) is 1.99. The van der Waals surface area contributed by atoms with E-state index in [0.29, 0.717) is 12.1 Å². The Bertz CT molecular complexity index is 416. The van der Waals surface area contributed by atoms with E-state index in [1.807, 2.05) is 20.8 Å². The number of nitrogens with zero attached hydrogens (tertiary/aromatic N) is 1. The van der Waals surface area contributed by atoms with Crippen LogP contribution in [-0.2, 0) is 12.6 Å². The summed E-state index contributed by atoms with van der Waals surface area (Å²) in [5, 5.41) is 0. The van der Waals surface area contributed by atoms with Crippen molar-refractivity contribution in [2.75, 3.05) is 0 Å². The van der Waals surface area contributed by atoms with Crippen LogP contribution in [0.15, 0.2) is 12.1 Å². The Balaban J connectivity index is 0.00000154. The molecule has 4 heteroatoms. The Morgan fingerprint density at radius 2 is 1.84 bits per heavy atom. The van der Waals surface area contributed by atoms with Gasteiger partial charge in [-0.25, -0.2) is 4.98 Å². The summed E-state index contributed by atoms with van der Waals surface area (Å²) in [5.41, 5.74) is -0.250. The number of terminal acetylenes is 1. The van der Waals surface area contributed by atoms with Crippen molar-refractivity contribution in [2.24, 2.45) is 0 Å². The van der Waals surface area contributed by atoms with Crippen molar-refractivity contribution in [3.63, 3.8) is 0 Å². The standard InChI is InChI=1S/C13H14F3N.C2H6/c1-3-5-6-7-12-9-10(13(14,15)16)8-11(4-2)17-12;1-2/h2,8-9H,3,5-7H2,1H3;1-2H3. The first kappa shape index (κ1) is 17.5. The minimum atomic E-state index is -4.37. The van der Waals surface area contributed by atoms with Crippen molar-refractivity contribution in [2.45, 2.75) is 52.6 Å². The average Bonchev–Trinajstić information content (AvgIpc) is 2.40. The molecule has 19 heavy (non-hydrogen) atoms. The number of alkyl halides is 3. The second kappa shape index (κ2) is 8.58. The third-order valence-electron chi connectivity index (χ3n) is 2.39. The molecule has 0 aromatic carbocycles. The second-order valence-electron chi connectivity index (χ2n) is 3.83. The van der Waals surface area contributed by atoms with Gasteiger partial charge in [-0.05, 0) is 25.0 Å². The van der Waals surface area contributed by atoms with Gasteiger partial charge in [-0.15, -0.1) is 6.42 Å². The molecule has 0 saturated carbocycles. The van der Waals surface area contributed by atoms with Crippen LogP contribution in [0.2, 0.25) is 0 Å². The highest BCUT2D eigenvalue weighted by molar-refractivity contribution is 5.32. The molecular weight excluding hydrogens is 251 g/mol. The molecule has 0 aliphatic rings. The summed E-state index contributed by atoms with van der Waals surface area (Å²) >= 11 is 0. The topological polar surface area (TPSA) is 12.9 Å². The predicted molar refractivity (Wildman–Crippen MR) is 71.8 cm³/mol. The van der Waals surface area contributed by atoms with Crippen molar-refractivity contribution in [3.8, 4) is 12.3 Å². The molecular formula is C15H20F3N. The minimum Gasteiger partial charge on any atom is -0.244 e. The second-order valence-corrected chi connectivity index (χ2v) is 3.83. The van der Waals surface area contributed by atoms with Gasteiger partial charge < -0.3 is 0 Å². The Kier molecular flexibility index (Phi) is 7.90. The van der Waals surface area contributed by atoms with Gasteiger partial charge in [0.2, 0.25) is 0 Å². The van der Waals surface area contributed by atoms with Crippen LogP contribution in [0, 0.1) is 12.3 Å². The zero-order valence-corrected chi connectivity index (χ0v) is 11.6. The van der Waals surface area contributed by atoms with Crippen LogP contribution in [0.25, 0.3) is 0 Å². The molecule has 1 aromatic rings. The van der Waals surface area contributed by atoms with E-state index in [1.54, 1.807) is 0 Å². The quantitative estimate of drug-likeness (QED) is 0.564. The first-order valence-electron chi connectivity index (χ1n) is 6.52. The molecule has 0 bridgehead atoms. The molecule has 0 N–H and O–H groups in total. The van der Waals surface area contributed by atoms with Crippen LogP contribution < -0.4 is 0 Å². The summed E-state index contributed by atoms with van der Waals surface area (Å²) in [6.07, 6.45) is 4.09. The lowest BCUT2D eigenvalue weighted by atomic mass is 10.1. The number of rotatable bonds is 4. The highest BCUT2D eigenvalue weighted by atomic mass is 19.4. The first-order chi connectivity index (χ1) is 8.97. The smallest absolute Gasteiger partial charge is 0.244 e. The third-order valence-corrected chi connectivity index (χ3v) is 2.39. The molecule has 0 amide bonds. The maximum Gasteiger partial charge on any atom is 0.416 e. The van der Waals surface area contributed by atoms with Gasteiger partial charge in [0.1, 0.15) is 5.69 Å². The Hall–Kier alpha value is -1.50. The number of pyridine rings is 1. The molecule has 0 saturated heterocycles. The normalized spacial score (nSPS) is 10.4. The van der Waals surface area contributed by atoms with E-state index >= 15 is 0 Å². The van der Waals surface area contributed by atoms with E-state index in [0.717, 1.165) is 31.4 Å². The predicted octanol–water partition coefficient (Wildman–Crippen LogP) is 4.84. The monoisotopic (exact) mass is 271 g/mol. The van der Waals surface area contributed by atoms with Crippen LogP contribution in [0.5, 0.6) is 0 Å². The van der Waals surface area contributed by atoms with E-state index in [1.165, 1.54) is 0 Å². The molecule has 0 spiro atoms. The zero-order chi connectivity index (χ0) is 14.9. The van der Waals surface area contributed by atoms with Crippen LogP contribution in [0.4, 0.5) is 13.2 Å². The lowest BCUT2D eigenvalue weighted by molar-refractivity contribution is -0.137. The number of hydrogen-bond donors (Lipinski definition) is 0. The van der Waals surface area contributed by atoms with Crippen LogP contribution >= 0.6 is 0 Å². The third kappa shape index (κ3) is 6.28. The summed E-state index contributed by atoms with van der Waals surface area (Å²) < 4.78 is 37.7. The molecule has 1 heterocycles. The van der Waals surface area contributed by atoms with Gasteiger partial charge in [-0.1, -0.05) is 39.5 Å². The van der Waals surface area contributed by atoms with Crippen LogP contribution in [-0.4, -0.2) is 4.98 Å². The molecule has 0 radical (unpaired) electrons. The van der Waals surface area contributed by atoms with E-state index in [2.05, 4.69) is 10.9 Å². The van der Waals surface area contributed by atoms with Gasteiger partial charge in [-0.3, -0.25) is 0 Å². The van der Waals surface area contributed by atoms with Gasteiger partial charge in [0.05, 0.1) is 5.56 Å². The molecule has 0 aliphatic carbocycles. The largest absolute Gasteiger partial charge is 0.416 e. The lowest BCUT2D eigenvalue weighted by Crippen LogP contribution is -2.08. The van der Waals surface area contributed by atoms with Gasteiger partial charge in [0.15, 0.2) is 0 Å². The van der Waals surface area contributed by atoms with Gasteiger partial charge in [-0.2, -0.15) is 13.2 Å². The molecule has 0 aliphatic heterocycles. The van der Waals surface area contributed by atoms with Crippen molar-refractivity contribution < 1.29 is 13.2 Å². The Morgan fingerprint density at radius 3 is 2.32 bits per heavy atom. The Labute approximate surface area is 113 Å². The molecule has 1 rings (SSSR count). The molecule has 0 atom stereocenters. The van der Waals surface area contributed by atoms with E-state index < -0.39 is 11.7 Å². The fourth-order valence-corrected chi connectivity index (χ4v) is 1.51. The van der Waals surface area contributed by atoms with Crippen LogP contribution in [0.1, 0.15) is 57.0 Å². The van der Waals surface area contributed by atoms with E-state index in [9.17, 15) is 13.2 Å². The van der Waals surface area contributed by atoms with Crippen molar-refractivity contribution in [3.05, 3.63) is 29.1 Å². The first-order valence-corrected chi connectivity index (χ1v) is 6.52. The number of unbranched alkanes of at least 4 members (excludes halogenated alkanes) is 2. The summed E-state index contributed by atoms with van der Waals surface area (Å²) in [6.45, 7) is 6.03. The highest BCUT2D eigenvalue weighted by Gasteiger charge is 2.31. The van der Waals surface area contributed by atoms with Crippen molar-refractivity contribution >= 4 is 0 Å². The fourth-order valence-electron chi connectivity index (χ4n) is 1.51. The maximum atomic E-state index is 12.6. The summed E-state index contributed by atoms with van der Waals surface area (Å²) in [7, 11) is 0. The zero-order valence-electron chi connectivity index (χ0n) is 11.6. The van der Waals surface area contributed by atoms with Gasteiger partial charge in [0, 0.05) is 5.69 Å². The van der Waals surface area contributed by atoms with Crippen LogP contribution in [0.3, 0.4) is 0 Å². The van der Waals surface area contributed by atoms with E-state index in [-0.39, 0.29) is 5.69 Å². The van der Waals surface area contributed by atoms with Crippen molar-refractivity contribution in [1.82, 2.24) is 4.98 Å². The number of hydrogen-bond acceptors (Lipinski definition) is 1. The summed E-state index contributed by atoms with van der Waals surface area (Å²) in [5.74, 6) is 2.16.